The number of hydrogen-bond donors (Lipinski definition) is 0. The van der Waals surface area contributed by atoms with E-state index in [-0.39, 0.29) is 24.0 Å². The number of sulfone groups is 1. The Kier molecular flexibility index (Phi) is 5.60. The maximum absolute atomic E-state index is 13.9. The number of amides is 1. The van der Waals surface area contributed by atoms with E-state index in [0.717, 1.165) is 11.3 Å². The average molecular weight is 462 g/mol. The summed E-state index contributed by atoms with van der Waals surface area (Å²) in [4.78, 5) is 15.5. The first-order chi connectivity index (χ1) is 16.0. The van der Waals surface area contributed by atoms with Gasteiger partial charge in [0.2, 0.25) is 0 Å². The fraction of sp³-hybridized carbons (Fsp3) is 0.200. The van der Waals surface area contributed by atoms with Gasteiger partial charge in [0.15, 0.2) is 9.84 Å². The monoisotopic (exact) mass is 461 g/mol. The molecule has 0 unspecified atom stereocenters. The van der Waals surface area contributed by atoms with Crippen molar-refractivity contribution in [2.24, 2.45) is 0 Å². The van der Waals surface area contributed by atoms with Gasteiger partial charge in [-0.25, -0.2) is 13.1 Å². The Morgan fingerprint density at radius 2 is 1.76 bits per heavy atom. The molecule has 1 aliphatic rings. The zero-order valence-electron chi connectivity index (χ0n) is 17.9. The van der Waals surface area contributed by atoms with Gasteiger partial charge < -0.3 is 9.32 Å². The van der Waals surface area contributed by atoms with Crippen molar-refractivity contribution in [1.82, 2.24) is 14.7 Å². The van der Waals surface area contributed by atoms with Crippen molar-refractivity contribution in [1.29, 1.82) is 0 Å². The van der Waals surface area contributed by atoms with Crippen molar-refractivity contribution in [3.8, 4) is 16.9 Å². The normalized spacial score (nSPS) is 17.2. The number of carbonyl (C=O) groups is 1. The molecule has 0 radical (unpaired) electrons. The lowest BCUT2D eigenvalue weighted by molar-refractivity contribution is 0.0656. The minimum absolute atomic E-state index is 0.0511. The Bertz CT molecular complexity index is 1350. The van der Waals surface area contributed by atoms with Crippen molar-refractivity contribution in [3.63, 3.8) is 0 Å². The molecule has 7 nitrogen and oxygen atoms in total. The third-order valence-corrected chi connectivity index (χ3v) is 7.57. The van der Waals surface area contributed by atoms with E-state index in [0.29, 0.717) is 23.6 Å². The van der Waals surface area contributed by atoms with Gasteiger partial charge in [-0.1, -0.05) is 48.5 Å². The molecule has 0 bridgehead atoms. The Morgan fingerprint density at radius 1 is 1.03 bits per heavy atom. The van der Waals surface area contributed by atoms with Crippen LogP contribution in [-0.4, -0.2) is 46.6 Å². The average Bonchev–Trinajstić information content (AvgIpc) is 3.58. The summed E-state index contributed by atoms with van der Waals surface area (Å²) in [6.07, 6.45) is 1.95. The number of aromatic nitrogens is 2. The largest absolute Gasteiger partial charge is 0.467 e. The summed E-state index contributed by atoms with van der Waals surface area (Å²) in [5.41, 5.74) is 2.68. The first-order valence-corrected chi connectivity index (χ1v) is 12.6. The molecule has 168 valence electrons. The van der Waals surface area contributed by atoms with Crippen LogP contribution in [0, 0.1) is 0 Å². The number of rotatable bonds is 6. The maximum atomic E-state index is 13.9. The predicted octanol–water partition coefficient (Wildman–Crippen LogP) is 3.96. The Morgan fingerprint density at radius 3 is 2.39 bits per heavy atom. The Balaban J connectivity index is 1.59. The van der Waals surface area contributed by atoms with Gasteiger partial charge in [-0.15, -0.1) is 0 Å². The summed E-state index contributed by atoms with van der Waals surface area (Å²) in [6, 6.07) is 24.0. The molecular formula is C25H23N3O4S. The molecule has 0 N–H and O–H groups in total. The molecule has 0 aliphatic carbocycles. The summed E-state index contributed by atoms with van der Waals surface area (Å²) in [6.45, 7) is 0.187. The Labute approximate surface area is 192 Å². The molecule has 1 aliphatic heterocycles. The van der Waals surface area contributed by atoms with Crippen LogP contribution in [0.2, 0.25) is 0 Å². The van der Waals surface area contributed by atoms with Gasteiger partial charge in [0, 0.05) is 11.6 Å². The van der Waals surface area contributed by atoms with Crippen LogP contribution in [0.3, 0.4) is 0 Å². The summed E-state index contributed by atoms with van der Waals surface area (Å²) >= 11 is 0. The van der Waals surface area contributed by atoms with E-state index in [1.807, 2.05) is 60.7 Å². The quantitative estimate of drug-likeness (QED) is 0.434. The zero-order valence-corrected chi connectivity index (χ0v) is 18.7. The second-order valence-electron chi connectivity index (χ2n) is 8.10. The first kappa shape index (κ1) is 21.2. The minimum Gasteiger partial charge on any atom is -0.467 e. The summed E-state index contributed by atoms with van der Waals surface area (Å²) in [5, 5.41) is 4.73. The topological polar surface area (TPSA) is 85.4 Å². The number of nitrogens with zero attached hydrogens (tertiary/aromatic N) is 3. The van der Waals surface area contributed by atoms with Crippen molar-refractivity contribution in [2.45, 2.75) is 19.0 Å². The maximum Gasteiger partial charge on any atom is 0.273 e. The highest BCUT2D eigenvalue weighted by Gasteiger charge is 2.36. The van der Waals surface area contributed by atoms with Gasteiger partial charge in [-0.05, 0) is 36.8 Å². The van der Waals surface area contributed by atoms with E-state index < -0.39 is 15.9 Å². The van der Waals surface area contributed by atoms with Gasteiger partial charge in [0.05, 0.1) is 35.7 Å². The van der Waals surface area contributed by atoms with Crippen molar-refractivity contribution in [3.05, 3.63) is 96.6 Å². The van der Waals surface area contributed by atoms with Gasteiger partial charge >= 0.3 is 0 Å². The second-order valence-corrected chi connectivity index (χ2v) is 10.3. The highest BCUT2D eigenvalue weighted by molar-refractivity contribution is 7.91. The first-order valence-electron chi connectivity index (χ1n) is 10.7. The highest BCUT2D eigenvalue weighted by atomic mass is 32.2. The van der Waals surface area contributed by atoms with Crippen LogP contribution in [0.4, 0.5) is 0 Å². The molecule has 0 saturated carbocycles. The molecule has 2 aromatic heterocycles. The van der Waals surface area contributed by atoms with Crippen molar-refractivity contribution >= 4 is 15.7 Å². The third-order valence-electron chi connectivity index (χ3n) is 5.82. The summed E-state index contributed by atoms with van der Waals surface area (Å²) in [7, 11) is -3.18. The van der Waals surface area contributed by atoms with Crippen LogP contribution in [0.15, 0.2) is 89.5 Å². The van der Waals surface area contributed by atoms with Crippen molar-refractivity contribution < 1.29 is 17.6 Å². The van der Waals surface area contributed by atoms with Crippen LogP contribution in [0.25, 0.3) is 16.9 Å². The zero-order chi connectivity index (χ0) is 22.8. The molecule has 1 amide bonds. The van der Waals surface area contributed by atoms with Crippen molar-refractivity contribution in [2.75, 3.05) is 11.5 Å². The van der Waals surface area contributed by atoms with Gasteiger partial charge in [0.25, 0.3) is 5.91 Å². The fourth-order valence-electron chi connectivity index (χ4n) is 4.15. The number of hydrogen-bond acceptors (Lipinski definition) is 5. The molecule has 2 aromatic carbocycles. The lowest BCUT2D eigenvalue weighted by atomic mass is 10.1. The van der Waals surface area contributed by atoms with E-state index >= 15 is 0 Å². The number of benzene rings is 2. The molecule has 1 atom stereocenters. The van der Waals surface area contributed by atoms with Crippen LogP contribution in [0.1, 0.15) is 22.7 Å². The van der Waals surface area contributed by atoms with Crippen LogP contribution >= 0.6 is 0 Å². The van der Waals surface area contributed by atoms with Crippen LogP contribution < -0.4 is 0 Å². The molecule has 8 heteroatoms. The minimum atomic E-state index is -3.18. The van der Waals surface area contributed by atoms with E-state index in [1.165, 1.54) is 0 Å². The smallest absolute Gasteiger partial charge is 0.273 e. The predicted molar refractivity (Wildman–Crippen MR) is 125 cm³/mol. The van der Waals surface area contributed by atoms with E-state index in [4.69, 9.17) is 9.52 Å². The summed E-state index contributed by atoms with van der Waals surface area (Å²) in [5.74, 6) is 0.339. The highest BCUT2D eigenvalue weighted by Crippen LogP contribution is 2.26. The SMILES string of the molecule is O=C(c1cc(-c2ccccc2)nn1-c1ccccc1)N(Cc1ccco1)[C@H]1CCS(=O)(=O)C1. The van der Waals surface area contributed by atoms with E-state index in [9.17, 15) is 13.2 Å². The van der Waals surface area contributed by atoms with Gasteiger partial charge in [-0.3, -0.25) is 4.79 Å². The molecular weight excluding hydrogens is 438 g/mol. The Hall–Kier alpha value is -3.65. The molecule has 5 rings (SSSR count). The molecule has 1 fully saturated rings. The standard InChI is InChI=1S/C25H23N3O4S/c29-25(27(17-22-12-7-14-32-22)21-13-15-33(30,31)18-21)24-16-23(19-8-3-1-4-9-19)26-28(24)20-10-5-2-6-11-20/h1-12,14,16,21H,13,15,17-18H2/t21-/m0/s1. The second kappa shape index (κ2) is 8.71. The lowest BCUT2D eigenvalue weighted by Crippen LogP contribution is -2.41. The molecule has 3 heterocycles. The van der Waals surface area contributed by atoms with Gasteiger partial charge in [0.1, 0.15) is 11.5 Å². The van der Waals surface area contributed by atoms with Gasteiger partial charge in [-0.2, -0.15) is 5.10 Å². The number of para-hydroxylation sites is 1. The molecule has 4 aromatic rings. The molecule has 0 spiro atoms. The molecule has 1 saturated heterocycles. The van der Waals surface area contributed by atoms with Crippen LogP contribution in [0.5, 0.6) is 0 Å². The number of furan rings is 1. The van der Waals surface area contributed by atoms with Crippen LogP contribution in [-0.2, 0) is 16.4 Å². The van der Waals surface area contributed by atoms with E-state index in [1.54, 1.807) is 34.0 Å². The van der Waals surface area contributed by atoms with E-state index in [2.05, 4.69) is 0 Å². The lowest BCUT2D eigenvalue weighted by Gasteiger charge is -2.27. The number of carbonyl (C=O) groups excluding carboxylic acids is 1. The molecule has 33 heavy (non-hydrogen) atoms. The third kappa shape index (κ3) is 4.47. The summed E-state index contributed by atoms with van der Waals surface area (Å²) < 4.78 is 31.5. The fourth-order valence-corrected chi connectivity index (χ4v) is 5.89.